The van der Waals surface area contributed by atoms with Gasteiger partial charge in [0.2, 0.25) is 0 Å². The number of hydrogen-bond acceptors (Lipinski definition) is 6. The van der Waals surface area contributed by atoms with Crippen LogP contribution in [0, 0.1) is 13.8 Å². The van der Waals surface area contributed by atoms with Gasteiger partial charge in [-0.15, -0.1) is 0 Å². The standard InChI is InChI=1S/C33H33N3O2S/c1-21(32-30(14-9-17-34-32)31-22(2)36-38-23(31)3)18-27-15-16-29(33(35-27)24(4)39)26-12-8-13-28(19-26)37-20-25-10-6-5-7-11-25/h5-17,19,21,24,39H,18,20H2,1-4H3. The van der Waals surface area contributed by atoms with E-state index in [1.807, 2.05) is 56.4 Å². The van der Waals surface area contributed by atoms with E-state index in [0.29, 0.717) is 6.61 Å². The SMILES string of the molecule is Cc1noc(C)c1-c1cccnc1C(C)Cc1ccc(-c2cccc(OCc3ccccc3)c2)c(C(C)S)n1. The Morgan fingerprint density at radius 2 is 1.69 bits per heavy atom. The highest BCUT2D eigenvalue weighted by Crippen LogP contribution is 2.35. The van der Waals surface area contributed by atoms with E-state index in [2.05, 4.69) is 61.5 Å². The predicted octanol–water partition coefficient (Wildman–Crippen LogP) is 8.33. The molecule has 0 bridgehead atoms. The molecular formula is C33H33N3O2S. The van der Waals surface area contributed by atoms with E-state index >= 15 is 0 Å². The monoisotopic (exact) mass is 535 g/mol. The number of thiol groups is 1. The van der Waals surface area contributed by atoms with E-state index in [1.165, 1.54) is 0 Å². The number of aryl methyl sites for hydroxylation is 2. The van der Waals surface area contributed by atoms with Crippen LogP contribution in [-0.2, 0) is 13.0 Å². The first-order valence-corrected chi connectivity index (χ1v) is 13.8. The molecule has 0 fully saturated rings. The van der Waals surface area contributed by atoms with Crippen LogP contribution in [0.25, 0.3) is 22.3 Å². The second-order valence-corrected chi connectivity index (χ2v) is 10.7. The summed E-state index contributed by atoms with van der Waals surface area (Å²) in [6.07, 6.45) is 2.60. The van der Waals surface area contributed by atoms with Crippen molar-refractivity contribution in [2.24, 2.45) is 0 Å². The first kappa shape index (κ1) is 26.7. The summed E-state index contributed by atoms with van der Waals surface area (Å²) in [5, 5.41) is 4.12. The van der Waals surface area contributed by atoms with E-state index < -0.39 is 0 Å². The van der Waals surface area contributed by atoms with Crippen molar-refractivity contribution in [2.45, 2.75) is 51.9 Å². The third kappa shape index (κ3) is 6.07. The number of benzene rings is 2. The molecule has 0 spiro atoms. The largest absolute Gasteiger partial charge is 0.489 e. The number of nitrogens with zero attached hydrogens (tertiary/aromatic N) is 3. The molecule has 5 rings (SSSR count). The quantitative estimate of drug-likeness (QED) is 0.192. The van der Waals surface area contributed by atoms with Crippen molar-refractivity contribution in [3.05, 3.63) is 119 Å². The molecule has 0 aliphatic carbocycles. The number of hydrogen-bond donors (Lipinski definition) is 1. The summed E-state index contributed by atoms with van der Waals surface area (Å²) >= 11 is 4.79. The molecule has 0 saturated carbocycles. The van der Waals surface area contributed by atoms with Crippen LogP contribution in [0.5, 0.6) is 5.75 Å². The van der Waals surface area contributed by atoms with Gasteiger partial charge in [0.25, 0.3) is 0 Å². The van der Waals surface area contributed by atoms with Crippen LogP contribution in [0.1, 0.15) is 59.1 Å². The van der Waals surface area contributed by atoms with Gasteiger partial charge in [0.1, 0.15) is 18.1 Å². The summed E-state index contributed by atoms with van der Waals surface area (Å²) in [5.74, 6) is 1.78. The highest BCUT2D eigenvalue weighted by atomic mass is 32.1. The molecule has 0 N–H and O–H groups in total. The number of aromatic nitrogens is 3. The van der Waals surface area contributed by atoms with Crippen LogP contribution in [0.4, 0.5) is 0 Å². The zero-order valence-electron chi connectivity index (χ0n) is 22.8. The Balaban J connectivity index is 1.39. The highest BCUT2D eigenvalue weighted by molar-refractivity contribution is 7.80. The Morgan fingerprint density at radius 3 is 2.44 bits per heavy atom. The number of ether oxygens (including phenoxy) is 1. The topological polar surface area (TPSA) is 61.0 Å². The van der Waals surface area contributed by atoms with Gasteiger partial charge in [-0.25, -0.2) is 0 Å². The maximum Gasteiger partial charge on any atom is 0.141 e. The molecule has 0 aliphatic heterocycles. The van der Waals surface area contributed by atoms with Gasteiger partial charge >= 0.3 is 0 Å². The van der Waals surface area contributed by atoms with Crippen LogP contribution in [0.2, 0.25) is 0 Å². The van der Waals surface area contributed by atoms with Crippen LogP contribution >= 0.6 is 12.6 Å². The minimum Gasteiger partial charge on any atom is -0.489 e. The molecule has 3 heterocycles. The lowest BCUT2D eigenvalue weighted by atomic mass is 9.92. The molecule has 2 unspecified atom stereocenters. The van der Waals surface area contributed by atoms with E-state index in [-0.39, 0.29) is 11.2 Å². The van der Waals surface area contributed by atoms with Gasteiger partial charge in [-0.1, -0.05) is 66.7 Å². The molecule has 0 saturated heterocycles. The van der Waals surface area contributed by atoms with Gasteiger partial charge in [-0.05, 0) is 62.6 Å². The summed E-state index contributed by atoms with van der Waals surface area (Å²) in [6.45, 7) is 8.69. The van der Waals surface area contributed by atoms with Gasteiger partial charge in [-0.2, -0.15) is 12.6 Å². The molecular weight excluding hydrogens is 502 g/mol. The molecule has 5 aromatic rings. The maximum absolute atomic E-state index is 6.08. The van der Waals surface area contributed by atoms with Gasteiger partial charge < -0.3 is 9.26 Å². The van der Waals surface area contributed by atoms with Gasteiger partial charge in [0.05, 0.1) is 17.1 Å². The van der Waals surface area contributed by atoms with Crippen LogP contribution in [0.3, 0.4) is 0 Å². The van der Waals surface area contributed by atoms with Crippen molar-refractivity contribution in [3.63, 3.8) is 0 Å². The van der Waals surface area contributed by atoms with Gasteiger partial charge in [-0.3, -0.25) is 9.97 Å². The lowest BCUT2D eigenvalue weighted by Crippen LogP contribution is -2.07. The normalized spacial score (nSPS) is 12.7. The molecule has 3 aromatic heterocycles. The van der Waals surface area contributed by atoms with Gasteiger partial charge in [0.15, 0.2) is 0 Å². The summed E-state index contributed by atoms with van der Waals surface area (Å²) in [4.78, 5) is 9.85. The van der Waals surface area contributed by atoms with Crippen molar-refractivity contribution in [3.8, 4) is 28.0 Å². The van der Waals surface area contributed by atoms with Crippen LogP contribution < -0.4 is 4.74 Å². The van der Waals surface area contributed by atoms with Crippen molar-refractivity contribution in [1.82, 2.24) is 15.1 Å². The second-order valence-electron chi connectivity index (χ2n) is 9.95. The lowest BCUT2D eigenvalue weighted by Gasteiger charge is -2.18. The summed E-state index contributed by atoms with van der Waals surface area (Å²) < 4.78 is 11.5. The fourth-order valence-electron chi connectivity index (χ4n) is 4.99. The van der Waals surface area contributed by atoms with E-state index in [0.717, 1.165) is 68.5 Å². The van der Waals surface area contributed by atoms with Crippen molar-refractivity contribution < 1.29 is 9.26 Å². The molecule has 2 atom stereocenters. The van der Waals surface area contributed by atoms with Crippen molar-refractivity contribution >= 4 is 12.6 Å². The van der Waals surface area contributed by atoms with Gasteiger partial charge in [0, 0.05) is 39.7 Å². The predicted molar refractivity (Wildman–Crippen MR) is 159 cm³/mol. The average molecular weight is 536 g/mol. The fraction of sp³-hybridized carbons (Fsp3) is 0.242. The lowest BCUT2D eigenvalue weighted by molar-refractivity contribution is 0.306. The molecule has 0 amide bonds. The molecule has 198 valence electrons. The molecule has 0 radical (unpaired) electrons. The Hall–Kier alpha value is -3.90. The Kier molecular flexibility index (Phi) is 8.13. The number of pyridine rings is 2. The maximum atomic E-state index is 6.08. The highest BCUT2D eigenvalue weighted by Gasteiger charge is 2.21. The van der Waals surface area contributed by atoms with Crippen molar-refractivity contribution in [1.29, 1.82) is 0 Å². The number of rotatable bonds is 9. The smallest absolute Gasteiger partial charge is 0.141 e. The Morgan fingerprint density at radius 1 is 0.872 bits per heavy atom. The molecule has 0 aliphatic rings. The molecule has 5 nitrogen and oxygen atoms in total. The molecule has 2 aromatic carbocycles. The fourth-order valence-corrected chi connectivity index (χ4v) is 5.18. The third-order valence-corrected chi connectivity index (χ3v) is 7.14. The zero-order valence-corrected chi connectivity index (χ0v) is 23.7. The summed E-state index contributed by atoms with van der Waals surface area (Å²) in [6, 6.07) is 26.7. The van der Waals surface area contributed by atoms with Crippen LogP contribution in [0.15, 0.2) is 89.6 Å². The summed E-state index contributed by atoms with van der Waals surface area (Å²) in [7, 11) is 0. The minimum absolute atomic E-state index is 0.0307. The first-order chi connectivity index (χ1) is 18.9. The van der Waals surface area contributed by atoms with E-state index in [1.54, 1.807) is 0 Å². The first-order valence-electron chi connectivity index (χ1n) is 13.2. The van der Waals surface area contributed by atoms with Crippen molar-refractivity contribution in [2.75, 3.05) is 0 Å². The Bertz CT molecular complexity index is 1540. The molecule has 6 heteroatoms. The second kappa shape index (κ2) is 11.9. The summed E-state index contributed by atoms with van der Waals surface area (Å²) in [5.41, 5.74) is 9.20. The molecule has 39 heavy (non-hydrogen) atoms. The Labute approximate surface area is 235 Å². The average Bonchev–Trinajstić information content (AvgIpc) is 3.29. The zero-order chi connectivity index (χ0) is 27.4. The third-order valence-electron chi connectivity index (χ3n) is 6.89. The van der Waals surface area contributed by atoms with E-state index in [9.17, 15) is 0 Å². The minimum atomic E-state index is -0.0307. The van der Waals surface area contributed by atoms with Crippen LogP contribution in [-0.4, -0.2) is 15.1 Å². The van der Waals surface area contributed by atoms with E-state index in [4.69, 9.17) is 31.9 Å².